The molecule has 96 valence electrons. The van der Waals surface area contributed by atoms with Gasteiger partial charge >= 0.3 is 0 Å². The Morgan fingerprint density at radius 1 is 1.28 bits per heavy atom. The number of hydrogen-bond acceptors (Lipinski definition) is 3. The van der Waals surface area contributed by atoms with E-state index in [0.717, 1.165) is 17.9 Å². The number of nitrogens with zero attached hydrogens (tertiary/aromatic N) is 1. The zero-order chi connectivity index (χ0) is 13.4. The van der Waals surface area contributed by atoms with Crippen LogP contribution >= 0.6 is 0 Å². The summed E-state index contributed by atoms with van der Waals surface area (Å²) in [4.78, 5) is 0. The van der Waals surface area contributed by atoms with Crippen LogP contribution in [0.5, 0.6) is 5.75 Å². The lowest BCUT2D eigenvalue weighted by atomic mass is 10.1. The standard InChI is InChI=1S/C15H20N2O/c1-15(2,3)17-11-4-5-13-6-8-14(9-7-13)18-12-10-16/h4-9,17H,11-12H2,1-3H3. The molecule has 0 aromatic heterocycles. The molecule has 0 aliphatic heterocycles. The molecule has 1 N–H and O–H groups in total. The first-order chi connectivity index (χ1) is 8.51. The maximum Gasteiger partial charge on any atom is 0.174 e. The highest BCUT2D eigenvalue weighted by Gasteiger charge is 2.05. The van der Waals surface area contributed by atoms with Crippen LogP contribution in [0.25, 0.3) is 6.08 Å². The van der Waals surface area contributed by atoms with Crippen LogP contribution in [0.1, 0.15) is 26.3 Å². The second-order valence-corrected chi connectivity index (χ2v) is 5.05. The maximum atomic E-state index is 8.40. The molecule has 0 amide bonds. The van der Waals surface area contributed by atoms with E-state index in [1.54, 1.807) is 0 Å². The van der Waals surface area contributed by atoms with Crippen molar-refractivity contribution in [3.63, 3.8) is 0 Å². The average Bonchev–Trinajstić information content (AvgIpc) is 2.32. The van der Waals surface area contributed by atoms with Gasteiger partial charge in [0.1, 0.15) is 11.8 Å². The number of rotatable bonds is 5. The molecule has 0 fully saturated rings. The lowest BCUT2D eigenvalue weighted by molar-refractivity contribution is 0.368. The summed E-state index contributed by atoms with van der Waals surface area (Å²) in [5.74, 6) is 0.724. The molecule has 0 saturated heterocycles. The minimum atomic E-state index is 0.0880. The van der Waals surface area contributed by atoms with Crippen molar-refractivity contribution in [3.05, 3.63) is 35.9 Å². The van der Waals surface area contributed by atoms with Gasteiger partial charge in [-0.05, 0) is 38.5 Å². The summed E-state index contributed by atoms with van der Waals surface area (Å²) in [5, 5.41) is 11.8. The monoisotopic (exact) mass is 244 g/mol. The topological polar surface area (TPSA) is 45.0 Å². The van der Waals surface area contributed by atoms with Gasteiger partial charge < -0.3 is 10.1 Å². The van der Waals surface area contributed by atoms with Gasteiger partial charge in [0.2, 0.25) is 0 Å². The van der Waals surface area contributed by atoms with Crippen molar-refractivity contribution in [2.75, 3.05) is 13.2 Å². The maximum absolute atomic E-state index is 8.40. The molecule has 0 atom stereocenters. The molecule has 0 radical (unpaired) electrons. The van der Waals surface area contributed by atoms with Gasteiger partial charge in [-0.1, -0.05) is 24.3 Å². The summed E-state index contributed by atoms with van der Waals surface area (Å²) in [7, 11) is 0. The van der Waals surface area contributed by atoms with Crippen molar-refractivity contribution in [1.29, 1.82) is 5.26 Å². The van der Waals surface area contributed by atoms with E-state index in [9.17, 15) is 0 Å². The number of nitriles is 1. The molecular formula is C15H20N2O. The van der Waals surface area contributed by atoms with Crippen LogP contribution in [0.2, 0.25) is 0 Å². The Morgan fingerprint density at radius 3 is 2.50 bits per heavy atom. The van der Waals surface area contributed by atoms with E-state index >= 15 is 0 Å². The molecule has 1 aromatic carbocycles. The lowest BCUT2D eigenvalue weighted by Gasteiger charge is -2.18. The highest BCUT2D eigenvalue weighted by Crippen LogP contribution is 2.12. The van der Waals surface area contributed by atoms with E-state index in [1.807, 2.05) is 30.3 Å². The second-order valence-electron chi connectivity index (χ2n) is 5.05. The molecule has 0 spiro atoms. The van der Waals surface area contributed by atoms with Crippen molar-refractivity contribution in [1.82, 2.24) is 5.32 Å². The summed E-state index contributed by atoms with van der Waals surface area (Å²) in [6.45, 7) is 7.35. The van der Waals surface area contributed by atoms with E-state index in [0.29, 0.717) is 0 Å². The number of ether oxygens (including phenoxy) is 1. The fraction of sp³-hybridized carbons (Fsp3) is 0.400. The SMILES string of the molecule is CC(C)(C)NCC=Cc1ccc(OCC#N)cc1. The second kappa shape index (κ2) is 6.83. The number of hydrogen-bond donors (Lipinski definition) is 1. The van der Waals surface area contributed by atoms with E-state index in [2.05, 4.69) is 38.2 Å². The van der Waals surface area contributed by atoms with Crippen molar-refractivity contribution in [2.45, 2.75) is 26.3 Å². The summed E-state index contributed by atoms with van der Waals surface area (Å²) >= 11 is 0. The third-order valence-corrected chi connectivity index (χ3v) is 2.24. The Balaban J connectivity index is 2.44. The smallest absolute Gasteiger partial charge is 0.174 e. The Labute approximate surface area is 109 Å². The van der Waals surface area contributed by atoms with E-state index in [1.165, 1.54) is 0 Å². The summed E-state index contributed by atoms with van der Waals surface area (Å²) in [5.41, 5.74) is 1.26. The van der Waals surface area contributed by atoms with Gasteiger partial charge in [0.15, 0.2) is 6.61 Å². The van der Waals surface area contributed by atoms with Crippen LogP contribution in [-0.4, -0.2) is 18.7 Å². The highest BCUT2D eigenvalue weighted by molar-refractivity contribution is 5.50. The minimum Gasteiger partial charge on any atom is -0.479 e. The molecule has 1 rings (SSSR count). The summed E-state index contributed by atoms with van der Waals surface area (Å²) in [6, 6.07) is 9.63. The zero-order valence-electron chi connectivity index (χ0n) is 11.2. The Bertz CT molecular complexity index is 421. The van der Waals surface area contributed by atoms with Crippen molar-refractivity contribution >= 4 is 6.08 Å². The molecule has 0 saturated carbocycles. The highest BCUT2D eigenvalue weighted by atomic mass is 16.5. The Hall–Kier alpha value is -1.79. The first-order valence-corrected chi connectivity index (χ1v) is 6.03. The molecule has 1 aromatic rings. The van der Waals surface area contributed by atoms with Gasteiger partial charge in [-0.2, -0.15) is 5.26 Å². The predicted molar refractivity (Wildman–Crippen MR) is 74.3 cm³/mol. The van der Waals surface area contributed by atoms with Gasteiger partial charge in [0.25, 0.3) is 0 Å². The van der Waals surface area contributed by atoms with Crippen molar-refractivity contribution in [2.24, 2.45) is 0 Å². The van der Waals surface area contributed by atoms with Crippen molar-refractivity contribution in [3.8, 4) is 11.8 Å². The van der Waals surface area contributed by atoms with E-state index in [4.69, 9.17) is 10.00 Å². The predicted octanol–water partition coefficient (Wildman–Crippen LogP) is 2.99. The first-order valence-electron chi connectivity index (χ1n) is 6.03. The zero-order valence-corrected chi connectivity index (χ0v) is 11.2. The largest absolute Gasteiger partial charge is 0.479 e. The molecule has 18 heavy (non-hydrogen) atoms. The van der Waals surface area contributed by atoms with Crippen LogP contribution in [0, 0.1) is 11.3 Å². The van der Waals surface area contributed by atoms with Gasteiger partial charge in [0.05, 0.1) is 0 Å². The molecule has 0 heterocycles. The molecule has 0 aliphatic carbocycles. The molecule has 3 nitrogen and oxygen atoms in total. The quantitative estimate of drug-likeness (QED) is 0.866. The Kier molecular flexibility index (Phi) is 5.41. The first kappa shape index (κ1) is 14.3. The molecule has 0 bridgehead atoms. The molecule has 0 unspecified atom stereocenters. The van der Waals surface area contributed by atoms with Crippen LogP contribution in [0.4, 0.5) is 0 Å². The Morgan fingerprint density at radius 2 is 1.94 bits per heavy atom. The summed E-state index contributed by atoms with van der Waals surface area (Å²) in [6.07, 6.45) is 4.16. The van der Waals surface area contributed by atoms with Gasteiger partial charge in [-0.25, -0.2) is 0 Å². The van der Waals surface area contributed by atoms with Gasteiger partial charge in [-0.3, -0.25) is 0 Å². The van der Waals surface area contributed by atoms with E-state index < -0.39 is 0 Å². The fourth-order valence-electron chi connectivity index (χ4n) is 1.35. The van der Waals surface area contributed by atoms with Gasteiger partial charge in [0, 0.05) is 12.1 Å². The molecule has 0 aliphatic rings. The third-order valence-electron chi connectivity index (χ3n) is 2.24. The van der Waals surface area contributed by atoms with Crippen LogP contribution in [-0.2, 0) is 0 Å². The van der Waals surface area contributed by atoms with Crippen LogP contribution < -0.4 is 10.1 Å². The number of nitrogens with one attached hydrogen (secondary N) is 1. The summed E-state index contributed by atoms with van der Waals surface area (Å²) < 4.78 is 5.18. The number of benzene rings is 1. The lowest BCUT2D eigenvalue weighted by Crippen LogP contribution is -2.35. The molecular weight excluding hydrogens is 224 g/mol. The van der Waals surface area contributed by atoms with E-state index in [-0.39, 0.29) is 12.1 Å². The van der Waals surface area contributed by atoms with Crippen LogP contribution in [0.15, 0.2) is 30.3 Å². The van der Waals surface area contributed by atoms with Crippen molar-refractivity contribution < 1.29 is 4.74 Å². The average molecular weight is 244 g/mol. The van der Waals surface area contributed by atoms with Gasteiger partial charge in [-0.15, -0.1) is 0 Å². The van der Waals surface area contributed by atoms with Crippen LogP contribution in [0.3, 0.4) is 0 Å². The third kappa shape index (κ3) is 6.07. The fourth-order valence-corrected chi connectivity index (χ4v) is 1.35. The normalized spacial score (nSPS) is 11.4. The molecule has 3 heteroatoms. The minimum absolute atomic E-state index is 0.0880.